The highest BCUT2D eigenvalue weighted by molar-refractivity contribution is 6.42. The number of halogens is 2. The van der Waals surface area contributed by atoms with Crippen LogP contribution in [-0.2, 0) is 4.79 Å². The van der Waals surface area contributed by atoms with Crippen molar-refractivity contribution < 1.29 is 4.79 Å². The lowest BCUT2D eigenvalue weighted by molar-refractivity contribution is -0.121. The fourth-order valence-corrected chi connectivity index (χ4v) is 3.78. The zero-order valence-corrected chi connectivity index (χ0v) is 15.0. The van der Waals surface area contributed by atoms with Crippen molar-refractivity contribution in [3.8, 4) is 0 Å². The summed E-state index contributed by atoms with van der Waals surface area (Å²) in [4.78, 5) is 19.4. The Hall–Kier alpha value is -2.10. The van der Waals surface area contributed by atoms with Gasteiger partial charge in [0.2, 0.25) is 5.91 Å². The van der Waals surface area contributed by atoms with Crippen LogP contribution in [0.5, 0.6) is 0 Å². The zero-order chi connectivity index (χ0) is 17.4. The van der Waals surface area contributed by atoms with Crippen LogP contribution in [-0.4, -0.2) is 17.4 Å². The molecule has 126 valence electrons. The molecule has 4 rings (SSSR count). The van der Waals surface area contributed by atoms with Gasteiger partial charge in [-0.25, -0.2) is 0 Å². The molecule has 1 saturated heterocycles. The smallest absolute Gasteiger partial charge is 0.234 e. The topological polar surface area (TPSA) is 33.2 Å². The molecule has 0 radical (unpaired) electrons. The molecule has 0 N–H and O–H groups in total. The lowest BCUT2D eigenvalue weighted by Crippen LogP contribution is -2.40. The van der Waals surface area contributed by atoms with Crippen molar-refractivity contribution in [3.63, 3.8) is 0 Å². The van der Waals surface area contributed by atoms with E-state index in [2.05, 4.69) is 4.98 Å². The molecule has 1 aliphatic rings. The highest BCUT2D eigenvalue weighted by atomic mass is 35.5. The van der Waals surface area contributed by atoms with Crippen molar-refractivity contribution >= 4 is 45.6 Å². The standard InChI is InChI=1S/C20H16Cl2N2O/c21-17-8-7-13(10-18(17)22)16-6-3-9-24(20(16)25)19-12-23-11-14-4-1-2-5-15(14)19/h1-2,4-5,7-8,10-12,16H,3,6,9H2/t16-/m1/s1. The van der Waals surface area contributed by atoms with Gasteiger partial charge in [-0.15, -0.1) is 0 Å². The van der Waals surface area contributed by atoms with Crippen molar-refractivity contribution in [2.24, 2.45) is 0 Å². The molecule has 1 aliphatic heterocycles. The number of fused-ring (bicyclic) bond motifs is 1. The normalized spacial score (nSPS) is 17.9. The maximum Gasteiger partial charge on any atom is 0.234 e. The minimum atomic E-state index is -0.206. The molecule has 1 amide bonds. The number of hydrogen-bond acceptors (Lipinski definition) is 2. The molecule has 5 heteroatoms. The van der Waals surface area contributed by atoms with E-state index >= 15 is 0 Å². The molecular weight excluding hydrogens is 355 g/mol. The lowest BCUT2D eigenvalue weighted by atomic mass is 9.89. The van der Waals surface area contributed by atoms with Crippen LogP contribution in [0.25, 0.3) is 10.8 Å². The number of rotatable bonds is 2. The zero-order valence-electron chi connectivity index (χ0n) is 13.5. The number of carbonyl (C=O) groups excluding carboxylic acids is 1. The largest absolute Gasteiger partial charge is 0.310 e. The van der Waals surface area contributed by atoms with E-state index in [0.29, 0.717) is 16.6 Å². The lowest BCUT2D eigenvalue weighted by Gasteiger charge is -2.33. The van der Waals surface area contributed by atoms with Crippen LogP contribution in [0.15, 0.2) is 54.9 Å². The molecule has 0 aliphatic carbocycles. The van der Waals surface area contributed by atoms with E-state index in [4.69, 9.17) is 23.2 Å². The molecule has 0 saturated carbocycles. The minimum Gasteiger partial charge on any atom is -0.310 e. The molecule has 0 spiro atoms. The van der Waals surface area contributed by atoms with Gasteiger partial charge in [0, 0.05) is 23.5 Å². The summed E-state index contributed by atoms with van der Waals surface area (Å²) >= 11 is 12.2. The van der Waals surface area contributed by atoms with Gasteiger partial charge in [0.1, 0.15) is 0 Å². The fourth-order valence-electron chi connectivity index (χ4n) is 3.47. The van der Waals surface area contributed by atoms with Gasteiger partial charge in [-0.1, -0.05) is 53.5 Å². The Bertz CT molecular complexity index is 952. The van der Waals surface area contributed by atoms with E-state index in [0.717, 1.165) is 34.9 Å². The second-order valence-corrected chi connectivity index (χ2v) is 7.05. The number of benzene rings is 2. The van der Waals surface area contributed by atoms with E-state index in [1.807, 2.05) is 41.4 Å². The summed E-state index contributed by atoms with van der Waals surface area (Å²) in [5.41, 5.74) is 1.78. The Morgan fingerprint density at radius 3 is 2.72 bits per heavy atom. The summed E-state index contributed by atoms with van der Waals surface area (Å²) in [6.45, 7) is 0.701. The average Bonchev–Trinajstić information content (AvgIpc) is 2.64. The van der Waals surface area contributed by atoms with E-state index in [-0.39, 0.29) is 11.8 Å². The molecule has 0 bridgehead atoms. The first-order valence-corrected chi connectivity index (χ1v) is 9.00. The van der Waals surface area contributed by atoms with Crippen LogP contribution >= 0.6 is 23.2 Å². The second kappa shape index (κ2) is 6.66. The van der Waals surface area contributed by atoms with Crippen LogP contribution in [0.1, 0.15) is 24.3 Å². The predicted octanol–water partition coefficient (Wildman–Crippen LogP) is 5.45. The summed E-state index contributed by atoms with van der Waals surface area (Å²) in [6, 6.07) is 13.4. The van der Waals surface area contributed by atoms with E-state index in [9.17, 15) is 4.79 Å². The van der Waals surface area contributed by atoms with E-state index < -0.39 is 0 Å². The quantitative estimate of drug-likeness (QED) is 0.600. The Morgan fingerprint density at radius 1 is 1.04 bits per heavy atom. The van der Waals surface area contributed by atoms with Gasteiger partial charge < -0.3 is 4.90 Å². The highest BCUT2D eigenvalue weighted by Crippen LogP contribution is 2.36. The van der Waals surface area contributed by atoms with Gasteiger partial charge in [0.15, 0.2) is 0 Å². The third-order valence-electron chi connectivity index (χ3n) is 4.72. The number of aromatic nitrogens is 1. The maximum absolute atomic E-state index is 13.2. The number of nitrogens with zero attached hydrogens (tertiary/aromatic N) is 2. The minimum absolute atomic E-state index is 0.0859. The summed E-state index contributed by atoms with van der Waals surface area (Å²) in [6.07, 6.45) is 5.34. The van der Waals surface area contributed by atoms with Crippen molar-refractivity contribution in [2.45, 2.75) is 18.8 Å². The molecular formula is C20H16Cl2N2O. The third-order valence-corrected chi connectivity index (χ3v) is 5.46. The predicted molar refractivity (Wildman–Crippen MR) is 103 cm³/mol. The van der Waals surface area contributed by atoms with Crippen LogP contribution in [0.2, 0.25) is 10.0 Å². The summed E-state index contributed by atoms with van der Waals surface area (Å²) in [5.74, 6) is -0.120. The van der Waals surface area contributed by atoms with Gasteiger partial charge in [-0.2, -0.15) is 0 Å². The first-order valence-electron chi connectivity index (χ1n) is 8.24. The van der Waals surface area contributed by atoms with Crippen LogP contribution in [0.4, 0.5) is 5.69 Å². The first kappa shape index (κ1) is 16.4. The molecule has 25 heavy (non-hydrogen) atoms. The molecule has 1 fully saturated rings. The molecule has 3 aromatic rings. The number of piperidine rings is 1. The Labute approximate surface area is 156 Å². The Kier molecular flexibility index (Phi) is 4.36. The average molecular weight is 371 g/mol. The molecule has 1 aromatic heterocycles. The molecule has 0 unspecified atom stereocenters. The Balaban J connectivity index is 1.73. The molecule has 2 aromatic carbocycles. The fraction of sp³-hybridized carbons (Fsp3) is 0.200. The van der Waals surface area contributed by atoms with Crippen molar-refractivity contribution in [2.75, 3.05) is 11.4 Å². The van der Waals surface area contributed by atoms with Gasteiger partial charge in [-0.05, 0) is 30.5 Å². The van der Waals surface area contributed by atoms with Gasteiger partial charge >= 0.3 is 0 Å². The maximum atomic E-state index is 13.2. The molecule has 3 nitrogen and oxygen atoms in total. The molecule has 1 atom stereocenters. The van der Waals surface area contributed by atoms with Crippen molar-refractivity contribution in [1.29, 1.82) is 0 Å². The third kappa shape index (κ3) is 2.99. The van der Waals surface area contributed by atoms with E-state index in [1.165, 1.54) is 0 Å². The van der Waals surface area contributed by atoms with Crippen LogP contribution in [0.3, 0.4) is 0 Å². The SMILES string of the molecule is O=C1[C@@H](c2ccc(Cl)c(Cl)c2)CCCN1c1cncc2ccccc12. The first-order chi connectivity index (χ1) is 12.1. The number of anilines is 1. The number of pyridine rings is 1. The Morgan fingerprint density at radius 2 is 1.88 bits per heavy atom. The molecule has 2 heterocycles. The summed E-state index contributed by atoms with van der Waals surface area (Å²) in [7, 11) is 0. The summed E-state index contributed by atoms with van der Waals surface area (Å²) < 4.78 is 0. The monoisotopic (exact) mass is 370 g/mol. The van der Waals surface area contributed by atoms with Gasteiger partial charge in [-0.3, -0.25) is 9.78 Å². The van der Waals surface area contributed by atoms with Crippen molar-refractivity contribution in [1.82, 2.24) is 4.98 Å². The van der Waals surface area contributed by atoms with Gasteiger partial charge in [0.05, 0.1) is 27.8 Å². The summed E-state index contributed by atoms with van der Waals surface area (Å²) in [5, 5.41) is 3.06. The number of carbonyl (C=O) groups is 1. The van der Waals surface area contributed by atoms with E-state index in [1.54, 1.807) is 18.3 Å². The highest BCUT2D eigenvalue weighted by Gasteiger charge is 2.32. The number of hydrogen-bond donors (Lipinski definition) is 0. The second-order valence-electron chi connectivity index (χ2n) is 6.24. The van der Waals surface area contributed by atoms with Crippen LogP contribution < -0.4 is 4.90 Å². The van der Waals surface area contributed by atoms with Gasteiger partial charge in [0.25, 0.3) is 0 Å². The van der Waals surface area contributed by atoms with Crippen LogP contribution in [0, 0.1) is 0 Å². The number of amides is 1. The van der Waals surface area contributed by atoms with Crippen molar-refractivity contribution in [3.05, 3.63) is 70.5 Å².